The zero-order chi connectivity index (χ0) is 20.9. The quantitative estimate of drug-likeness (QED) is 0.483. The molecule has 0 aromatic heterocycles. The van der Waals surface area contributed by atoms with Gasteiger partial charge in [-0.15, -0.1) is 0 Å². The molecule has 0 aromatic rings. The Morgan fingerprint density at radius 3 is 2.71 bits per heavy atom. The van der Waals surface area contributed by atoms with Gasteiger partial charge in [0.05, 0.1) is 12.6 Å². The zero-order valence-corrected chi connectivity index (χ0v) is 16.6. The van der Waals surface area contributed by atoms with Crippen LogP contribution in [0.25, 0.3) is 0 Å². The number of hydrogen-bond acceptors (Lipinski definition) is 7. The lowest BCUT2D eigenvalue weighted by Crippen LogP contribution is -2.36. The van der Waals surface area contributed by atoms with Crippen molar-refractivity contribution >= 4 is 11.9 Å². The van der Waals surface area contributed by atoms with E-state index in [0.717, 1.165) is 5.57 Å². The van der Waals surface area contributed by atoms with Crippen LogP contribution in [-0.4, -0.2) is 36.7 Å². The summed E-state index contributed by atoms with van der Waals surface area (Å²) in [4.78, 5) is 23.9. The second-order valence-electron chi connectivity index (χ2n) is 7.14. The van der Waals surface area contributed by atoms with Gasteiger partial charge in [-0.05, 0) is 31.0 Å². The van der Waals surface area contributed by atoms with Crippen LogP contribution in [0.15, 0.2) is 48.7 Å². The molecule has 4 atom stereocenters. The van der Waals surface area contributed by atoms with E-state index in [1.165, 1.54) is 12.3 Å². The summed E-state index contributed by atoms with van der Waals surface area (Å²) in [5.74, 6) is -0.648. The molecule has 0 unspecified atom stereocenters. The highest BCUT2D eigenvalue weighted by Gasteiger charge is 2.18. The normalized spacial score (nSPS) is 30.0. The Kier molecular flexibility index (Phi) is 10.9. The molecule has 6 N–H and O–H groups in total. The van der Waals surface area contributed by atoms with Crippen LogP contribution in [-0.2, 0) is 19.1 Å². The van der Waals surface area contributed by atoms with Crippen molar-refractivity contribution in [2.75, 3.05) is 6.61 Å². The smallest absolute Gasteiger partial charge is 0.330 e. The number of cyclic esters (lactones) is 2. The van der Waals surface area contributed by atoms with Gasteiger partial charge in [0.2, 0.25) is 0 Å². The Balaban J connectivity index is 2.86. The van der Waals surface area contributed by atoms with Crippen molar-refractivity contribution in [2.24, 2.45) is 23.1 Å². The molecule has 0 aromatic carbocycles. The molecule has 1 heterocycles. The van der Waals surface area contributed by atoms with Gasteiger partial charge in [-0.2, -0.15) is 0 Å². The molecule has 0 saturated heterocycles. The molecular weight excluding hydrogens is 358 g/mol. The SMILES string of the molecule is C=C1C[C@H](C)CC(=O)OCC/C=C\C(=O)O[C@H]([C@@H](N)/C=C/N)C/C=C/[C@@H](N)C1. The summed E-state index contributed by atoms with van der Waals surface area (Å²) in [5, 5.41) is 0. The highest BCUT2D eigenvalue weighted by atomic mass is 16.5. The summed E-state index contributed by atoms with van der Waals surface area (Å²) in [6, 6.07) is -0.756. The van der Waals surface area contributed by atoms with Crippen LogP contribution in [0.1, 0.15) is 39.0 Å². The Morgan fingerprint density at radius 1 is 1.25 bits per heavy atom. The number of hydrogen-bond donors (Lipinski definition) is 3. The van der Waals surface area contributed by atoms with Gasteiger partial charge in [-0.25, -0.2) is 4.79 Å². The highest BCUT2D eigenvalue weighted by molar-refractivity contribution is 5.82. The van der Waals surface area contributed by atoms with Gasteiger partial charge in [0.25, 0.3) is 0 Å². The molecule has 7 heteroatoms. The van der Waals surface area contributed by atoms with Crippen molar-refractivity contribution in [3.05, 3.63) is 48.7 Å². The lowest BCUT2D eigenvalue weighted by atomic mass is 9.95. The van der Waals surface area contributed by atoms with Gasteiger partial charge in [-0.1, -0.05) is 37.3 Å². The summed E-state index contributed by atoms with van der Waals surface area (Å²) in [6.45, 7) is 6.26. The zero-order valence-electron chi connectivity index (χ0n) is 16.6. The second-order valence-corrected chi connectivity index (χ2v) is 7.14. The van der Waals surface area contributed by atoms with Crippen molar-refractivity contribution in [2.45, 2.75) is 57.2 Å². The van der Waals surface area contributed by atoms with Crippen LogP contribution in [0, 0.1) is 5.92 Å². The van der Waals surface area contributed by atoms with E-state index >= 15 is 0 Å². The topological polar surface area (TPSA) is 131 Å². The molecule has 0 amide bonds. The number of carbonyl (C=O) groups excluding carboxylic acids is 2. The average molecular weight is 392 g/mol. The number of rotatable bonds is 2. The van der Waals surface area contributed by atoms with Crippen molar-refractivity contribution in [3.8, 4) is 0 Å². The number of carbonyl (C=O) groups is 2. The second kappa shape index (κ2) is 12.9. The maximum absolute atomic E-state index is 12.0. The standard InChI is InChI=1S/C21H33N3O4/c1-15-12-16(2)14-21(26)27-11-4-3-8-20(25)28-19(18(24)9-10-22)7-5-6-17(23)13-15/h3,5-6,8-10,16-19H,1,4,7,11-14,22-24H2,2H3/b6-5+,8-3-,10-9+/t16-,17+,18-,19-/m0/s1. The molecule has 1 aliphatic heterocycles. The van der Waals surface area contributed by atoms with E-state index in [9.17, 15) is 9.59 Å². The largest absolute Gasteiger partial charge is 0.465 e. The van der Waals surface area contributed by atoms with Gasteiger partial charge < -0.3 is 26.7 Å². The summed E-state index contributed by atoms with van der Waals surface area (Å²) in [7, 11) is 0. The van der Waals surface area contributed by atoms with E-state index in [1.807, 2.05) is 19.1 Å². The minimum absolute atomic E-state index is 0.131. The Bertz CT molecular complexity index is 613. The third-order valence-electron chi connectivity index (χ3n) is 4.26. The molecule has 0 saturated carbocycles. The summed E-state index contributed by atoms with van der Waals surface area (Å²) in [6.07, 6.45) is 11.4. The molecule has 0 bridgehead atoms. The maximum atomic E-state index is 12.0. The summed E-state index contributed by atoms with van der Waals surface area (Å²) >= 11 is 0. The molecule has 0 aliphatic carbocycles. The van der Waals surface area contributed by atoms with Gasteiger partial charge in [0.1, 0.15) is 6.10 Å². The van der Waals surface area contributed by atoms with Gasteiger partial charge in [0.15, 0.2) is 0 Å². The Morgan fingerprint density at radius 2 is 2.00 bits per heavy atom. The Hall–Kier alpha value is -2.38. The van der Waals surface area contributed by atoms with Crippen molar-refractivity contribution in [1.29, 1.82) is 0 Å². The lowest BCUT2D eigenvalue weighted by Gasteiger charge is -2.20. The molecular formula is C21H33N3O4. The molecule has 0 spiro atoms. The van der Waals surface area contributed by atoms with Crippen LogP contribution in [0.5, 0.6) is 0 Å². The summed E-state index contributed by atoms with van der Waals surface area (Å²) < 4.78 is 10.6. The first-order valence-electron chi connectivity index (χ1n) is 9.57. The monoisotopic (exact) mass is 391 g/mol. The first kappa shape index (κ1) is 23.7. The first-order valence-corrected chi connectivity index (χ1v) is 9.57. The third-order valence-corrected chi connectivity index (χ3v) is 4.26. The van der Waals surface area contributed by atoms with Crippen LogP contribution in [0.3, 0.4) is 0 Å². The van der Waals surface area contributed by atoms with E-state index in [0.29, 0.717) is 32.1 Å². The van der Waals surface area contributed by atoms with Crippen LogP contribution in [0.2, 0.25) is 0 Å². The fraction of sp³-hybridized carbons (Fsp3) is 0.524. The molecule has 0 fully saturated rings. The highest BCUT2D eigenvalue weighted by Crippen LogP contribution is 2.18. The third kappa shape index (κ3) is 10.1. The van der Waals surface area contributed by atoms with Gasteiger partial charge in [0, 0.05) is 31.4 Å². The molecule has 0 radical (unpaired) electrons. The fourth-order valence-corrected chi connectivity index (χ4v) is 2.93. The van der Waals surface area contributed by atoms with E-state index < -0.39 is 18.1 Å². The van der Waals surface area contributed by atoms with Gasteiger partial charge in [-0.3, -0.25) is 4.79 Å². The van der Waals surface area contributed by atoms with E-state index in [4.69, 9.17) is 26.7 Å². The average Bonchev–Trinajstić information content (AvgIpc) is 2.59. The number of nitrogens with two attached hydrogens (primary N) is 3. The predicted molar refractivity (Wildman–Crippen MR) is 110 cm³/mol. The van der Waals surface area contributed by atoms with E-state index in [-0.39, 0.29) is 24.5 Å². The maximum Gasteiger partial charge on any atom is 0.330 e. The van der Waals surface area contributed by atoms with E-state index in [1.54, 1.807) is 12.2 Å². The minimum atomic E-state index is -0.569. The summed E-state index contributed by atoms with van der Waals surface area (Å²) in [5.41, 5.74) is 18.5. The van der Waals surface area contributed by atoms with Crippen LogP contribution < -0.4 is 17.2 Å². The van der Waals surface area contributed by atoms with Crippen molar-refractivity contribution in [1.82, 2.24) is 0 Å². The number of ether oxygens (including phenoxy) is 2. The van der Waals surface area contributed by atoms with E-state index in [2.05, 4.69) is 6.58 Å². The predicted octanol–water partition coefficient (Wildman–Crippen LogP) is 1.84. The van der Waals surface area contributed by atoms with Crippen LogP contribution >= 0.6 is 0 Å². The lowest BCUT2D eigenvalue weighted by molar-refractivity contribution is -0.144. The minimum Gasteiger partial charge on any atom is -0.465 e. The van der Waals surface area contributed by atoms with Crippen molar-refractivity contribution < 1.29 is 19.1 Å². The van der Waals surface area contributed by atoms with Crippen molar-refractivity contribution in [3.63, 3.8) is 0 Å². The molecule has 156 valence electrons. The van der Waals surface area contributed by atoms with Gasteiger partial charge >= 0.3 is 11.9 Å². The molecule has 28 heavy (non-hydrogen) atoms. The first-order chi connectivity index (χ1) is 13.3. The fourth-order valence-electron chi connectivity index (χ4n) is 2.93. The molecule has 1 aliphatic rings. The Labute approximate surface area is 167 Å². The number of esters is 2. The molecule has 7 nitrogen and oxygen atoms in total. The van der Waals surface area contributed by atoms with Crippen LogP contribution in [0.4, 0.5) is 0 Å². The molecule has 1 rings (SSSR count).